The number of carbonyl (C=O) groups excluding carboxylic acids is 2. The lowest BCUT2D eigenvalue weighted by atomic mass is 9.96. The molecule has 2 aliphatic rings. The van der Waals surface area contributed by atoms with Gasteiger partial charge in [0.05, 0.1) is 0 Å². The molecule has 0 aliphatic carbocycles. The van der Waals surface area contributed by atoms with Gasteiger partial charge in [-0.1, -0.05) is 19.1 Å². The van der Waals surface area contributed by atoms with E-state index in [4.69, 9.17) is 0 Å². The summed E-state index contributed by atoms with van der Waals surface area (Å²) in [6.07, 6.45) is 3.32. The Kier molecular flexibility index (Phi) is 6.66. The van der Waals surface area contributed by atoms with Gasteiger partial charge in [0.1, 0.15) is 11.9 Å². The Hall–Kier alpha value is -2.15. The minimum absolute atomic E-state index is 0.255. The number of hydrogen-bond donors (Lipinski definition) is 2. The summed E-state index contributed by atoms with van der Waals surface area (Å²) in [6.45, 7) is 6.92. The van der Waals surface area contributed by atoms with Gasteiger partial charge >= 0.3 is 6.03 Å². The van der Waals surface area contributed by atoms with E-state index in [9.17, 15) is 14.0 Å². The molecule has 0 unspecified atom stereocenters. The van der Waals surface area contributed by atoms with Crippen LogP contribution in [-0.2, 0) is 4.79 Å². The lowest BCUT2D eigenvalue weighted by Gasteiger charge is -2.36. The normalized spacial score (nSPS) is 21.8. The molecule has 6 nitrogen and oxygen atoms in total. The topological polar surface area (TPSA) is 64.7 Å². The molecule has 0 radical (unpaired) electrons. The van der Waals surface area contributed by atoms with Gasteiger partial charge < -0.3 is 20.4 Å². The highest BCUT2D eigenvalue weighted by molar-refractivity contribution is 5.89. The molecule has 1 aromatic carbocycles. The Labute approximate surface area is 160 Å². The van der Waals surface area contributed by atoms with E-state index in [0.717, 1.165) is 32.5 Å². The number of urea groups is 1. The number of piperidine rings is 1. The lowest BCUT2D eigenvalue weighted by molar-refractivity contribution is -0.127. The van der Waals surface area contributed by atoms with Crippen LogP contribution in [0.2, 0.25) is 0 Å². The Balaban J connectivity index is 1.58. The van der Waals surface area contributed by atoms with Crippen LogP contribution in [0.15, 0.2) is 24.3 Å². The van der Waals surface area contributed by atoms with Crippen LogP contribution in [0, 0.1) is 11.7 Å². The third kappa shape index (κ3) is 4.97. The Bertz CT molecular complexity index is 661. The van der Waals surface area contributed by atoms with Gasteiger partial charge in [-0.2, -0.15) is 0 Å². The SMILES string of the molecule is CCCN1CCC(CNC(=O)N2CCNC(=O)[C@H]2c2cccc(F)c2)CC1. The zero-order chi connectivity index (χ0) is 19.2. The second-order valence-corrected chi connectivity index (χ2v) is 7.41. The highest BCUT2D eigenvalue weighted by atomic mass is 19.1. The molecular formula is C20H29FN4O2. The van der Waals surface area contributed by atoms with Gasteiger partial charge in [0.2, 0.25) is 5.91 Å². The molecular weight excluding hydrogens is 347 g/mol. The number of nitrogens with zero attached hydrogens (tertiary/aromatic N) is 2. The first-order valence-corrected chi connectivity index (χ1v) is 9.88. The fourth-order valence-electron chi connectivity index (χ4n) is 3.96. The van der Waals surface area contributed by atoms with Crippen LogP contribution in [0.5, 0.6) is 0 Å². The number of likely N-dealkylation sites (tertiary alicyclic amines) is 1. The van der Waals surface area contributed by atoms with Gasteiger partial charge in [-0.05, 0) is 62.5 Å². The molecule has 0 saturated carbocycles. The predicted molar refractivity (Wildman–Crippen MR) is 102 cm³/mol. The molecule has 2 heterocycles. The molecule has 2 saturated heterocycles. The summed E-state index contributed by atoms with van der Waals surface area (Å²) in [7, 11) is 0. The summed E-state index contributed by atoms with van der Waals surface area (Å²) < 4.78 is 13.6. The van der Waals surface area contributed by atoms with Crippen LogP contribution in [0.3, 0.4) is 0 Å². The van der Waals surface area contributed by atoms with E-state index in [0.29, 0.717) is 31.1 Å². The summed E-state index contributed by atoms with van der Waals surface area (Å²) in [5, 5.41) is 5.77. The largest absolute Gasteiger partial charge is 0.352 e. The average molecular weight is 376 g/mol. The van der Waals surface area contributed by atoms with Crippen LogP contribution in [0.1, 0.15) is 37.8 Å². The first-order chi connectivity index (χ1) is 13.1. The Morgan fingerprint density at radius 1 is 1.30 bits per heavy atom. The van der Waals surface area contributed by atoms with Gasteiger partial charge in [-0.3, -0.25) is 4.79 Å². The molecule has 7 heteroatoms. The average Bonchev–Trinajstić information content (AvgIpc) is 2.67. The molecule has 0 bridgehead atoms. The molecule has 1 atom stereocenters. The zero-order valence-electron chi connectivity index (χ0n) is 15.9. The number of benzene rings is 1. The van der Waals surface area contributed by atoms with Crippen LogP contribution in [0.4, 0.5) is 9.18 Å². The van der Waals surface area contributed by atoms with Crippen molar-refractivity contribution in [1.29, 1.82) is 0 Å². The molecule has 2 N–H and O–H groups in total. The number of nitrogens with one attached hydrogen (secondary N) is 2. The van der Waals surface area contributed by atoms with E-state index in [1.807, 2.05) is 0 Å². The fraction of sp³-hybridized carbons (Fsp3) is 0.600. The van der Waals surface area contributed by atoms with Gasteiger partial charge in [-0.15, -0.1) is 0 Å². The maximum absolute atomic E-state index is 13.6. The number of amides is 3. The third-order valence-electron chi connectivity index (χ3n) is 5.43. The number of rotatable bonds is 5. The quantitative estimate of drug-likeness (QED) is 0.828. The van der Waals surface area contributed by atoms with Crippen molar-refractivity contribution in [3.05, 3.63) is 35.6 Å². The predicted octanol–water partition coefficient (Wildman–Crippen LogP) is 2.13. The molecule has 27 heavy (non-hydrogen) atoms. The molecule has 1 aromatic rings. The summed E-state index contributed by atoms with van der Waals surface area (Å²) in [4.78, 5) is 29.1. The smallest absolute Gasteiger partial charge is 0.318 e. The Morgan fingerprint density at radius 3 is 2.78 bits per heavy atom. The van der Waals surface area contributed by atoms with Crippen molar-refractivity contribution in [2.24, 2.45) is 5.92 Å². The van der Waals surface area contributed by atoms with Crippen LogP contribution in [0.25, 0.3) is 0 Å². The second-order valence-electron chi connectivity index (χ2n) is 7.41. The minimum Gasteiger partial charge on any atom is -0.352 e. The van der Waals surface area contributed by atoms with Gasteiger partial charge in [0.15, 0.2) is 0 Å². The maximum atomic E-state index is 13.6. The van der Waals surface area contributed by atoms with E-state index in [1.165, 1.54) is 23.5 Å². The van der Waals surface area contributed by atoms with Crippen molar-refractivity contribution in [3.8, 4) is 0 Å². The van der Waals surface area contributed by atoms with E-state index in [1.54, 1.807) is 12.1 Å². The highest BCUT2D eigenvalue weighted by Crippen LogP contribution is 2.24. The van der Waals surface area contributed by atoms with Crippen molar-refractivity contribution in [2.75, 3.05) is 39.3 Å². The van der Waals surface area contributed by atoms with Crippen molar-refractivity contribution in [2.45, 2.75) is 32.2 Å². The van der Waals surface area contributed by atoms with Crippen LogP contribution < -0.4 is 10.6 Å². The second kappa shape index (κ2) is 9.17. The lowest BCUT2D eigenvalue weighted by Crippen LogP contribution is -2.55. The van der Waals surface area contributed by atoms with E-state index >= 15 is 0 Å². The molecule has 0 aromatic heterocycles. The third-order valence-corrected chi connectivity index (χ3v) is 5.43. The van der Waals surface area contributed by atoms with E-state index in [2.05, 4.69) is 22.5 Å². The first kappa shape index (κ1) is 19.6. The Morgan fingerprint density at radius 2 is 2.07 bits per heavy atom. The minimum atomic E-state index is -0.791. The summed E-state index contributed by atoms with van der Waals surface area (Å²) >= 11 is 0. The molecule has 3 amide bonds. The molecule has 2 fully saturated rings. The van der Waals surface area contributed by atoms with E-state index < -0.39 is 11.9 Å². The van der Waals surface area contributed by atoms with Crippen molar-refractivity contribution < 1.29 is 14.0 Å². The van der Waals surface area contributed by atoms with Crippen LogP contribution >= 0.6 is 0 Å². The standard InChI is InChI=1S/C20H29FN4O2/c1-2-9-24-10-6-15(7-11-24)14-23-20(27)25-12-8-22-19(26)18(25)16-4-3-5-17(21)13-16/h3-5,13,15,18H,2,6-12,14H2,1H3,(H,22,26)(H,23,27)/t18-/m1/s1. The molecule has 148 valence electrons. The van der Waals surface area contributed by atoms with Crippen molar-refractivity contribution in [3.63, 3.8) is 0 Å². The number of halogens is 1. The van der Waals surface area contributed by atoms with Gasteiger partial charge in [0.25, 0.3) is 0 Å². The molecule has 2 aliphatic heterocycles. The monoisotopic (exact) mass is 376 g/mol. The first-order valence-electron chi connectivity index (χ1n) is 9.88. The summed E-state index contributed by atoms with van der Waals surface area (Å²) in [5.41, 5.74) is 0.496. The van der Waals surface area contributed by atoms with Crippen molar-refractivity contribution >= 4 is 11.9 Å². The molecule has 0 spiro atoms. The van der Waals surface area contributed by atoms with Crippen LogP contribution in [-0.4, -0.2) is 61.0 Å². The highest BCUT2D eigenvalue weighted by Gasteiger charge is 2.34. The van der Waals surface area contributed by atoms with Gasteiger partial charge in [0, 0.05) is 19.6 Å². The summed E-state index contributed by atoms with van der Waals surface area (Å²) in [5.74, 6) is -0.215. The molecule has 3 rings (SSSR count). The maximum Gasteiger partial charge on any atom is 0.318 e. The fourth-order valence-corrected chi connectivity index (χ4v) is 3.96. The number of carbonyl (C=O) groups is 2. The van der Waals surface area contributed by atoms with Crippen molar-refractivity contribution in [1.82, 2.24) is 20.4 Å². The summed E-state index contributed by atoms with van der Waals surface area (Å²) in [6, 6.07) is 4.85. The van der Waals surface area contributed by atoms with Gasteiger partial charge in [-0.25, -0.2) is 9.18 Å². The zero-order valence-corrected chi connectivity index (χ0v) is 15.9. The number of piperazine rings is 1. The number of hydrogen-bond acceptors (Lipinski definition) is 3. The van der Waals surface area contributed by atoms with E-state index in [-0.39, 0.29) is 11.9 Å².